The number of carbonyl (C=O) groups is 1. The molecular formula is C14H22N4OS. The zero-order chi connectivity index (χ0) is 14.8. The van der Waals surface area contributed by atoms with Crippen molar-refractivity contribution in [1.29, 1.82) is 0 Å². The van der Waals surface area contributed by atoms with Crippen molar-refractivity contribution in [3.05, 3.63) is 23.0 Å². The molecule has 110 valence electrons. The van der Waals surface area contributed by atoms with Gasteiger partial charge in [-0.2, -0.15) is 0 Å². The second kappa shape index (κ2) is 5.93. The van der Waals surface area contributed by atoms with Gasteiger partial charge in [0.05, 0.1) is 11.4 Å². The summed E-state index contributed by atoms with van der Waals surface area (Å²) < 4.78 is 2.10. The Morgan fingerprint density at radius 3 is 2.90 bits per heavy atom. The van der Waals surface area contributed by atoms with E-state index in [2.05, 4.69) is 20.0 Å². The van der Waals surface area contributed by atoms with E-state index in [0.29, 0.717) is 13.0 Å². The van der Waals surface area contributed by atoms with Gasteiger partial charge < -0.3 is 10.6 Å². The molecule has 0 fully saturated rings. The number of aryl methyl sites for hydroxylation is 1. The van der Waals surface area contributed by atoms with E-state index in [1.54, 1.807) is 11.3 Å². The molecule has 5 nitrogen and oxygen atoms in total. The highest BCUT2D eigenvalue weighted by Gasteiger charge is 2.13. The Bertz CT molecular complexity index is 594. The van der Waals surface area contributed by atoms with Crippen LogP contribution in [0.15, 0.2) is 11.6 Å². The Labute approximate surface area is 123 Å². The van der Waals surface area contributed by atoms with Crippen LogP contribution in [0.25, 0.3) is 4.96 Å². The lowest BCUT2D eigenvalue weighted by Gasteiger charge is -2.20. The number of nitrogens with zero attached hydrogens (tertiary/aromatic N) is 2. The lowest BCUT2D eigenvalue weighted by Crippen LogP contribution is -2.41. The van der Waals surface area contributed by atoms with Gasteiger partial charge in [0.2, 0.25) is 5.91 Å². The Morgan fingerprint density at radius 1 is 1.45 bits per heavy atom. The number of rotatable bonds is 5. The molecule has 0 radical (unpaired) electrons. The first-order chi connectivity index (χ1) is 9.37. The molecular weight excluding hydrogens is 272 g/mol. The highest BCUT2D eigenvalue weighted by Crippen LogP contribution is 2.16. The maximum absolute atomic E-state index is 11.7. The maximum atomic E-state index is 11.7. The molecule has 0 aliphatic heterocycles. The van der Waals surface area contributed by atoms with E-state index >= 15 is 0 Å². The third-order valence-corrected chi connectivity index (χ3v) is 3.65. The van der Waals surface area contributed by atoms with Crippen LogP contribution in [-0.2, 0) is 11.3 Å². The van der Waals surface area contributed by atoms with Crippen LogP contribution in [0.2, 0.25) is 0 Å². The summed E-state index contributed by atoms with van der Waals surface area (Å²) in [6.45, 7) is 9.37. The lowest BCUT2D eigenvalue weighted by atomic mass is 10.1. The minimum atomic E-state index is -0.165. The summed E-state index contributed by atoms with van der Waals surface area (Å²) >= 11 is 1.63. The van der Waals surface area contributed by atoms with E-state index < -0.39 is 0 Å². The first-order valence-corrected chi connectivity index (χ1v) is 7.67. The van der Waals surface area contributed by atoms with Gasteiger partial charge in [0.25, 0.3) is 0 Å². The van der Waals surface area contributed by atoms with Gasteiger partial charge in [0.15, 0.2) is 4.96 Å². The molecule has 2 aromatic rings. The minimum Gasteiger partial charge on any atom is -0.351 e. The van der Waals surface area contributed by atoms with Crippen molar-refractivity contribution in [2.45, 2.75) is 46.2 Å². The van der Waals surface area contributed by atoms with Crippen molar-refractivity contribution in [1.82, 2.24) is 20.0 Å². The molecule has 2 aromatic heterocycles. The monoisotopic (exact) mass is 294 g/mol. The van der Waals surface area contributed by atoms with Gasteiger partial charge in [-0.25, -0.2) is 4.98 Å². The molecule has 0 unspecified atom stereocenters. The van der Waals surface area contributed by atoms with Crippen molar-refractivity contribution in [3.8, 4) is 0 Å². The summed E-state index contributed by atoms with van der Waals surface area (Å²) in [7, 11) is 0. The van der Waals surface area contributed by atoms with Crippen LogP contribution in [0.3, 0.4) is 0 Å². The molecule has 6 heteroatoms. The molecule has 0 saturated carbocycles. The maximum Gasteiger partial charge on any atom is 0.221 e. The molecule has 0 spiro atoms. The van der Waals surface area contributed by atoms with Crippen LogP contribution in [0.1, 0.15) is 38.6 Å². The number of hydrogen-bond acceptors (Lipinski definition) is 4. The van der Waals surface area contributed by atoms with Crippen LogP contribution in [0, 0.1) is 6.92 Å². The highest BCUT2D eigenvalue weighted by atomic mass is 32.1. The zero-order valence-corrected chi connectivity index (χ0v) is 13.3. The smallest absolute Gasteiger partial charge is 0.221 e. The third kappa shape index (κ3) is 3.80. The summed E-state index contributed by atoms with van der Waals surface area (Å²) in [6, 6.07) is 0. The molecule has 0 aliphatic carbocycles. The van der Waals surface area contributed by atoms with Gasteiger partial charge in [-0.1, -0.05) is 0 Å². The predicted molar refractivity (Wildman–Crippen MR) is 82.0 cm³/mol. The normalized spacial score (nSPS) is 12.0. The zero-order valence-electron chi connectivity index (χ0n) is 12.5. The summed E-state index contributed by atoms with van der Waals surface area (Å²) in [6.07, 6.45) is 2.52. The van der Waals surface area contributed by atoms with Gasteiger partial charge in [0, 0.05) is 36.6 Å². The highest BCUT2D eigenvalue weighted by molar-refractivity contribution is 7.15. The quantitative estimate of drug-likeness (QED) is 0.830. The topological polar surface area (TPSA) is 58.4 Å². The van der Waals surface area contributed by atoms with E-state index in [9.17, 15) is 4.79 Å². The fourth-order valence-electron chi connectivity index (χ4n) is 2.04. The van der Waals surface area contributed by atoms with Crippen molar-refractivity contribution >= 4 is 22.2 Å². The molecule has 2 rings (SSSR count). The van der Waals surface area contributed by atoms with Crippen molar-refractivity contribution in [2.75, 3.05) is 6.54 Å². The average Bonchev–Trinajstić information content (AvgIpc) is 2.84. The van der Waals surface area contributed by atoms with E-state index in [0.717, 1.165) is 22.9 Å². The van der Waals surface area contributed by atoms with Crippen molar-refractivity contribution in [2.24, 2.45) is 0 Å². The minimum absolute atomic E-state index is 0.0793. The molecule has 20 heavy (non-hydrogen) atoms. The Morgan fingerprint density at radius 2 is 2.20 bits per heavy atom. The number of hydrogen-bond donors (Lipinski definition) is 2. The lowest BCUT2D eigenvalue weighted by molar-refractivity contribution is -0.122. The molecule has 0 atom stereocenters. The molecule has 0 saturated heterocycles. The largest absolute Gasteiger partial charge is 0.351 e. The first-order valence-electron chi connectivity index (χ1n) is 6.79. The number of amides is 1. The van der Waals surface area contributed by atoms with Crippen molar-refractivity contribution in [3.63, 3.8) is 0 Å². The van der Waals surface area contributed by atoms with E-state index in [1.807, 2.05) is 39.3 Å². The Balaban J connectivity index is 1.80. The van der Waals surface area contributed by atoms with Crippen LogP contribution >= 0.6 is 11.3 Å². The summed E-state index contributed by atoms with van der Waals surface area (Å²) in [5, 5.41) is 8.29. The number of nitrogens with one attached hydrogen (secondary N) is 2. The number of carbonyl (C=O) groups excluding carboxylic acids is 1. The second-order valence-electron chi connectivity index (χ2n) is 5.92. The fraction of sp³-hybridized carbons (Fsp3) is 0.571. The van der Waals surface area contributed by atoms with Gasteiger partial charge in [0.1, 0.15) is 0 Å². The number of aromatic nitrogens is 2. The third-order valence-electron chi connectivity index (χ3n) is 2.90. The molecule has 2 N–H and O–H groups in total. The fourth-order valence-corrected chi connectivity index (χ4v) is 2.82. The van der Waals surface area contributed by atoms with E-state index in [1.165, 1.54) is 0 Å². The van der Waals surface area contributed by atoms with E-state index in [-0.39, 0.29) is 11.4 Å². The Hall–Kier alpha value is -1.40. The van der Waals surface area contributed by atoms with Crippen LogP contribution < -0.4 is 10.6 Å². The van der Waals surface area contributed by atoms with Gasteiger partial charge in [-0.15, -0.1) is 11.3 Å². The summed E-state index contributed by atoms with van der Waals surface area (Å²) in [5.41, 5.74) is 2.04. The summed E-state index contributed by atoms with van der Waals surface area (Å²) in [4.78, 5) is 17.2. The van der Waals surface area contributed by atoms with Gasteiger partial charge in [-0.3, -0.25) is 9.20 Å². The SMILES string of the molecule is Cc1nc2sccn2c1CNCCC(=O)NC(C)(C)C. The molecule has 2 heterocycles. The molecule has 0 aromatic carbocycles. The van der Waals surface area contributed by atoms with Crippen LogP contribution in [-0.4, -0.2) is 27.4 Å². The first kappa shape index (κ1) is 15.0. The van der Waals surface area contributed by atoms with E-state index in [4.69, 9.17) is 0 Å². The second-order valence-corrected chi connectivity index (χ2v) is 6.80. The standard InChI is InChI=1S/C14H22N4OS/c1-10-11(18-7-8-20-13(18)16-10)9-15-6-5-12(19)17-14(2,3)4/h7-8,15H,5-6,9H2,1-4H3,(H,17,19). The number of fused-ring (bicyclic) bond motifs is 1. The Kier molecular flexibility index (Phi) is 4.45. The average molecular weight is 294 g/mol. The van der Waals surface area contributed by atoms with Crippen molar-refractivity contribution < 1.29 is 4.79 Å². The van der Waals surface area contributed by atoms with Gasteiger partial charge in [-0.05, 0) is 27.7 Å². The number of imidazole rings is 1. The summed E-state index contributed by atoms with van der Waals surface area (Å²) in [5.74, 6) is 0.0793. The molecule has 0 bridgehead atoms. The molecule has 1 amide bonds. The van der Waals surface area contributed by atoms with Crippen LogP contribution in [0.5, 0.6) is 0 Å². The van der Waals surface area contributed by atoms with Gasteiger partial charge >= 0.3 is 0 Å². The van der Waals surface area contributed by atoms with Crippen LogP contribution in [0.4, 0.5) is 0 Å². The molecule has 0 aliphatic rings. The number of thiazole rings is 1. The predicted octanol–water partition coefficient (Wildman–Crippen LogP) is 2.10.